The summed E-state index contributed by atoms with van der Waals surface area (Å²) in [5.74, 6) is -1.50. The molecule has 2 saturated heterocycles. The van der Waals surface area contributed by atoms with E-state index >= 15 is 0 Å². The van der Waals surface area contributed by atoms with Gasteiger partial charge in [0, 0.05) is 30.0 Å². The van der Waals surface area contributed by atoms with Crippen LogP contribution in [-0.4, -0.2) is 71.9 Å². The van der Waals surface area contributed by atoms with Crippen LogP contribution in [0.1, 0.15) is 23.5 Å². The number of fused-ring (bicyclic) bond motifs is 2. The number of thiazole rings is 2. The summed E-state index contributed by atoms with van der Waals surface area (Å²) >= 11 is 2.72. The second-order valence-electron chi connectivity index (χ2n) is 8.60. The molecule has 0 radical (unpaired) electrons. The highest BCUT2D eigenvalue weighted by Crippen LogP contribution is 2.60. The number of aromatic nitrogens is 3. The van der Waals surface area contributed by atoms with Gasteiger partial charge >= 0.3 is 11.9 Å². The number of piperidine rings is 2. The number of hydrogen-bond acceptors (Lipinski definition) is 12. The fourth-order valence-corrected chi connectivity index (χ4v) is 6.85. The molecule has 0 aromatic carbocycles. The molecule has 5 rings (SSSR count). The van der Waals surface area contributed by atoms with Gasteiger partial charge in [-0.25, -0.2) is 15.0 Å². The van der Waals surface area contributed by atoms with Crippen LogP contribution in [0.25, 0.3) is 0 Å². The van der Waals surface area contributed by atoms with Crippen LogP contribution in [0.3, 0.4) is 0 Å². The third kappa shape index (κ3) is 3.23. The number of anilines is 1. The second kappa shape index (κ2) is 8.77. The van der Waals surface area contributed by atoms with Crippen LogP contribution in [0.2, 0.25) is 0 Å². The first-order valence-corrected chi connectivity index (χ1v) is 12.7. The monoisotopic (exact) mass is 513 g/mol. The van der Waals surface area contributed by atoms with Crippen LogP contribution in [0.15, 0.2) is 46.2 Å². The maximum Gasteiger partial charge on any atom is 0.323 e. The van der Waals surface area contributed by atoms with Gasteiger partial charge in [0.15, 0.2) is 16.6 Å². The number of esters is 2. The highest BCUT2D eigenvalue weighted by Gasteiger charge is 2.75. The van der Waals surface area contributed by atoms with Gasteiger partial charge in [-0.3, -0.25) is 19.3 Å². The lowest BCUT2D eigenvalue weighted by atomic mass is 9.54. The normalized spacial score (nSPS) is 28.5. The fourth-order valence-electron chi connectivity index (χ4n) is 5.71. The number of carbonyl (C=O) groups excluding carboxylic acids is 3. The Labute approximate surface area is 209 Å². The van der Waals surface area contributed by atoms with Crippen molar-refractivity contribution in [3.05, 3.63) is 57.6 Å². The van der Waals surface area contributed by atoms with Crippen molar-refractivity contribution in [2.75, 3.05) is 39.3 Å². The lowest BCUT2D eigenvalue weighted by molar-refractivity contribution is -0.193. The Kier molecular flexibility index (Phi) is 5.90. The van der Waals surface area contributed by atoms with Crippen molar-refractivity contribution in [2.45, 2.75) is 12.1 Å². The van der Waals surface area contributed by atoms with E-state index in [9.17, 15) is 14.4 Å². The summed E-state index contributed by atoms with van der Waals surface area (Å²) in [5.41, 5.74) is 0.841. The van der Waals surface area contributed by atoms with Gasteiger partial charge in [-0.05, 0) is 19.2 Å². The summed E-state index contributed by atoms with van der Waals surface area (Å²) in [6, 6.07) is 3.73. The molecule has 0 N–H and O–H groups in total. The highest BCUT2D eigenvalue weighted by atomic mass is 32.1. The number of hydrogen-bond donors (Lipinski definition) is 0. The van der Waals surface area contributed by atoms with E-state index in [1.54, 1.807) is 41.3 Å². The Balaban J connectivity index is 1.84. The first kappa shape index (κ1) is 23.5. The summed E-state index contributed by atoms with van der Waals surface area (Å²) in [5, 5.41) is 3.62. The van der Waals surface area contributed by atoms with Crippen molar-refractivity contribution < 1.29 is 23.9 Å². The first-order valence-electron chi connectivity index (χ1n) is 10.8. The quantitative estimate of drug-likeness (QED) is 0.371. The molecule has 12 heteroatoms. The molecule has 182 valence electrons. The Morgan fingerprint density at radius 1 is 0.943 bits per heavy atom. The second-order valence-corrected chi connectivity index (χ2v) is 10.0. The molecule has 2 aliphatic rings. The van der Waals surface area contributed by atoms with Gasteiger partial charge in [-0.2, -0.15) is 0 Å². The molecule has 4 unspecified atom stereocenters. The van der Waals surface area contributed by atoms with Crippen LogP contribution in [0.4, 0.5) is 5.82 Å². The van der Waals surface area contributed by atoms with Crippen molar-refractivity contribution in [3.63, 3.8) is 0 Å². The minimum Gasteiger partial charge on any atom is -0.468 e. The predicted octanol–water partition coefficient (Wildman–Crippen LogP) is 2.13. The summed E-state index contributed by atoms with van der Waals surface area (Å²) < 4.78 is 10.5. The summed E-state index contributed by atoms with van der Waals surface area (Å²) in [6.07, 6.45) is 1.62. The smallest absolute Gasteiger partial charge is 0.323 e. The largest absolute Gasteiger partial charge is 0.468 e. The van der Waals surface area contributed by atoms with Gasteiger partial charge in [0.25, 0.3) is 0 Å². The molecular weight excluding hydrogens is 490 g/mol. The lowest BCUT2D eigenvalue weighted by Crippen LogP contribution is -2.75. The van der Waals surface area contributed by atoms with E-state index in [1.807, 2.05) is 21.7 Å². The standard InChI is InChI=1S/C23H23N5O5S2/c1-27-17(14-8-34-12-25-14)22(20(30)32-2)10-28(16-6-4-5-7-24-16)11-23(19(22)29,21(31)33-3)18(27)15-9-35-13-26-15/h4-9,12-13,17-18H,10-11H2,1-3H3. The van der Waals surface area contributed by atoms with Crippen LogP contribution in [0.5, 0.6) is 0 Å². The molecule has 2 bridgehead atoms. The van der Waals surface area contributed by atoms with Gasteiger partial charge < -0.3 is 14.4 Å². The van der Waals surface area contributed by atoms with Gasteiger partial charge in [0.05, 0.1) is 48.7 Å². The zero-order valence-electron chi connectivity index (χ0n) is 19.3. The van der Waals surface area contributed by atoms with Crippen LogP contribution < -0.4 is 4.90 Å². The molecule has 10 nitrogen and oxygen atoms in total. The molecular formula is C23H23N5O5S2. The number of pyridine rings is 1. The summed E-state index contributed by atoms with van der Waals surface area (Å²) in [6.45, 7) is -0.0742. The molecule has 2 aliphatic heterocycles. The maximum atomic E-state index is 14.7. The lowest BCUT2D eigenvalue weighted by Gasteiger charge is -2.60. The van der Waals surface area contributed by atoms with Crippen LogP contribution in [-0.2, 0) is 23.9 Å². The van der Waals surface area contributed by atoms with E-state index in [0.29, 0.717) is 17.2 Å². The predicted molar refractivity (Wildman–Crippen MR) is 128 cm³/mol. The van der Waals surface area contributed by atoms with E-state index < -0.39 is 40.6 Å². The Bertz CT molecular complexity index is 1160. The molecule has 5 heterocycles. The number of carbonyl (C=O) groups is 3. The summed E-state index contributed by atoms with van der Waals surface area (Å²) in [4.78, 5) is 59.1. The molecule has 2 fully saturated rings. The average Bonchev–Trinajstić information content (AvgIpc) is 3.60. The maximum absolute atomic E-state index is 14.7. The van der Waals surface area contributed by atoms with Gasteiger partial charge in [0.1, 0.15) is 5.82 Å². The molecule has 35 heavy (non-hydrogen) atoms. The summed E-state index contributed by atoms with van der Waals surface area (Å²) in [7, 11) is 4.27. The fraction of sp³-hybridized carbons (Fsp3) is 0.391. The van der Waals surface area contributed by atoms with Gasteiger partial charge in [-0.15, -0.1) is 22.7 Å². The van der Waals surface area contributed by atoms with E-state index in [1.165, 1.54) is 36.9 Å². The Morgan fingerprint density at radius 2 is 1.49 bits per heavy atom. The van der Waals surface area contributed by atoms with E-state index in [0.717, 1.165) is 0 Å². The van der Waals surface area contributed by atoms with E-state index in [-0.39, 0.29) is 13.1 Å². The first-order chi connectivity index (χ1) is 16.9. The molecule has 3 aromatic rings. The zero-order valence-corrected chi connectivity index (χ0v) is 20.9. The number of rotatable bonds is 5. The van der Waals surface area contributed by atoms with E-state index in [4.69, 9.17) is 9.47 Å². The highest BCUT2D eigenvalue weighted by molar-refractivity contribution is 7.07. The third-order valence-electron chi connectivity index (χ3n) is 6.97. The van der Waals surface area contributed by atoms with Crippen molar-refractivity contribution in [2.24, 2.45) is 10.8 Å². The number of likely N-dealkylation sites (tertiary alicyclic amines) is 1. The molecule has 0 amide bonds. The number of Topliss-reactive ketones (excluding diaryl/α,β-unsaturated/α-hetero) is 1. The molecule has 3 aromatic heterocycles. The van der Waals surface area contributed by atoms with Crippen molar-refractivity contribution in [3.8, 4) is 0 Å². The number of methoxy groups -OCH3 is 2. The minimum absolute atomic E-state index is 0.0371. The van der Waals surface area contributed by atoms with Gasteiger partial charge in [0.2, 0.25) is 0 Å². The SMILES string of the molecule is COC(=O)C12CN(c3ccccn3)CC(C(=O)OC)(C1=O)C(c1cscn1)N(C)C2c1cscn1. The van der Waals surface area contributed by atoms with Crippen molar-refractivity contribution >= 4 is 46.2 Å². The molecule has 0 aliphatic carbocycles. The molecule has 4 atom stereocenters. The zero-order chi connectivity index (χ0) is 24.8. The molecule has 0 saturated carbocycles. The topological polar surface area (TPSA) is 115 Å². The number of ketones is 1. The average molecular weight is 514 g/mol. The van der Waals surface area contributed by atoms with Gasteiger partial charge in [-0.1, -0.05) is 6.07 Å². The van der Waals surface area contributed by atoms with E-state index in [2.05, 4.69) is 15.0 Å². The van der Waals surface area contributed by atoms with Crippen molar-refractivity contribution in [1.29, 1.82) is 0 Å². The Hall–Kier alpha value is -3.22. The minimum atomic E-state index is -1.77. The number of ether oxygens (including phenoxy) is 2. The Morgan fingerprint density at radius 3 is 1.89 bits per heavy atom. The van der Waals surface area contributed by atoms with Crippen molar-refractivity contribution in [1.82, 2.24) is 19.9 Å². The van der Waals surface area contributed by atoms with Crippen LogP contribution >= 0.6 is 22.7 Å². The molecule has 0 spiro atoms. The van der Waals surface area contributed by atoms with Crippen LogP contribution in [0, 0.1) is 10.8 Å². The third-order valence-corrected chi connectivity index (χ3v) is 8.18. The number of nitrogens with zero attached hydrogens (tertiary/aromatic N) is 5.